The first-order chi connectivity index (χ1) is 11.8. The van der Waals surface area contributed by atoms with Crippen molar-refractivity contribution in [1.82, 2.24) is 19.9 Å². The second kappa shape index (κ2) is 6.73. The molecule has 2 aliphatic rings. The zero-order chi connectivity index (χ0) is 16.4. The van der Waals surface area contributed by atoms with Gasteiger partial charge in [0.1, 0.15) is 0 Å². The van der Waals surface area contributed by atoms with Crippen LogP contribution in [0, 0.1) is 5.95 Å². The number of hydrogen-bond donors (Lipinski definition) is 0. The summed E-state index contributed by atoms with van der Waals surface area (Å²) in [5.41, 5.74) is 4.40. The first kappa shape index (κ1) is 15.3. The first-order valence-corrected chi connectivity index (χ1v) is 8.49. The van der Waals surface area contributed by atoms with Gasteiger partial charge in [-0.3, -0.25) is 9.89 Å². The fourth-order valence-corrected chi connectivity index (χ4v) is 3.29. The van der Waals surface area contributed by atoms with Gasteiger partial charge in [0, 0.05) is 50.6 Å². The van der Waals surface area contributed by atoms with Crippen LogP contribution in [0.5, 0.6) is 0 Å². The van der Waals surface area contributed by atoms with Crippen molar-refractivity contribution < 1.29 is 4.39 Å². The van der Waals surface area contributed by atoms with Crippen LogP contribution in [0.15, 0.2) is 29.5 Å². The molecule has 5 nitrogen and oxygen atoms in total. The van der Waals surface area contributed by atoms with Gasteiger partial charge in [0.25, 0.3) is 0 Å². The highest BCUT2D eigenvalue weighted by Crippen LogP contribution is 2.20. The monoisotopic (exact) mass is 325 g/mol. The number of hydrogen-bond acceptors (Lipinski definition) is 5. The number of rotatable bonds is 3. The Balaban J connectivity index is 1.47. The van der Waals surface area contributed by atoms with Crippen molar-refractivity contribution in [3.05, 3.63) is 53.1 Å². The van der Waals surface area contributed by atoms with E-state index in [1.807, 2.05) is 6.20 Å². The Morgan fingerprint density at radius 1 is 1.08 bits per heavy atom. The zero-order valence-electron chi connectivity index (χ0n) is 13.6. The molecule has 24 heavy (non-hydrogen) atoms. The van der Waals surface area contributed by atoms with Crippen molar-refractivity contribution in [2.24, 2.45) is 4.99 Å². The van der Waals surface area contributed by atoms with E-state index in [4.69, 9.17) is 4.98 Å². The van der Waals surface area contributed by atoms with Gasteiger partial charge in [0.05, 0.1) is 11.4 Å². The number of nitrogens with zero attached hydrogens (tertiary/aromatic N) is 5. The minimum absolute atomic E-state index is 0.436. The molecule has 0 saturated carbocycles. The third-order valence-electron chi connectivity index (χ3n) is 4.59. The lowest BCUT2D eigenvalue weighted by molar-refractivity contribution is 0.242. The third kappa shape index (κ3) is 3.33. The maximum absolute atomic E-state index is 12.9. The van der Waals surface area contributed by atoms with Crippen molar-refractivity contribution in [2.45, 2.75) is 38.8 Å². The second-order valence-electron chi connectivity index (χ2n) is 6.40. The number of pyridine rings is 1. The van der Waals surface area contributed by atoms with Crippen molar-refractivity contribution in [1.29, 1.82) is 0 Å². The van der Waals surface area contributed by atoms with Gasteiger partial charge in [-0.05, 0) is 30.9 Å². The maximum Gasteiger partial charge on any atom is 0.212 e. The number of fused-ring (bicyclic) bond motifs is 1. The normalized spacial score (nSPS) is 18.1. The molecule has 2 aromatic rings. The Bertz CT molecular complexity index is 757. The fourth-order valence-electron chi connectivity index (χ4n) is 3.29. The molecule has 2 aliphatic heterocycles. The summed E-state index contributed by atoms with van der Waals surface area (Å²) in [6.45, 7) is 3.42. The van der Waals surface area contributed by atoms with Crippen LogP contribution in [0.2, 0.25) is 0 Å². The Morgan fingerprint density at radius 3 is 2.83 bits per heavy atom. The lowest BCUT2D eigenvalue weighted by Gasteiger charge is -2.28. The molecule has 0 N–H and O–H groups in total. The highest BCUT2D eigenvalue weighted by atomic mass is 19.1. The standard InChI is InChI=1S/C18H20FN5/c19-17-5-4-13(9-21-17)11-24-8-6-15-14(12-24)10-22-18(23-15)16-3-1-2-7-20-16/h4-5,9-10H,1-3,6-8,11-12H2. The number of aliphatic imine (C=N–C) groups is 1. The predicted molar refractivity (Wildman–Crippen MR) is 89.3 cm³/mol. The molecule has 0 spiro atoms. The molecule has 4 heterocycles. The molecule has 6 heteroatoms. The van der Waals surface area contributed by atoms with Crippen LogP contribution in [-0.4, -0.2) is 38.7 Å². The van der Waals surface area contributed by atoms with Crippen LogP contribution < -0.4 is 0 Å². The molecule has 0 bridgehead atoms. The van der Waals surface area contributed by atoms with E-state index in [-0.39, 0.29) is 0 Å². The van der Waals surface area contributed by atoms with E-state index in [2.05, 4.69) is 19.9 Å². The first-order valence-electron chi connectivity index (χ1n) is 8.49. The molecule has 0 amide bonds. The summed E-state index contributed by atoms with van der Waals surface area (Å²) in [4.78, 5) is 19.9. The molecule has 0 aromatic carbocycles. The second-order valence-corrected chi connectivity index (χ2v) is 6.40. The van der Waals surface area contributed by atoms with Crippen LogP contribution >= 0.6 is 0 Å². The Hall–Kier alpha value is -2.21. The summed E-state index contributed by atoms with van der Waals surface area (Å²) in [6, 6.07) is 3.20. The molecule has 124 valence electrons. The van der Waals surface area contributed by atoms with Gasteiger partial charge < -0.3 is 0 Å². The molecule has 0 fully saturated rings. The number of aromatic nitrogens is 3. The predicted octanol–water partition coefficient (Wildman–Crippen LogP) is 2.54. The van der Waals surface area contributed by atoms with E-state index in [1.54, 1.807) is 12.3 Å². The van der Waals surface area contributed by atoms with E-state index in [0.29, 0.717) is 0 Å². The summed E-state index contributed by atoms with van der Waals surface area (Å²) in [5.74, 6) is 0.374. The van der Waals surface area contributed by atoms with E-state index >= 15 is 0 Å². The van der Waals surface area contributed by atoms with Gasteiger partial charge in [-0.1, -0.05) is 6.07 Å². The van der Waals surface area contributed by atoms with Crippen LogP contribution in [0.25, 0.3) is 0 Å². The molecule has 0 unspecified atom stereocenters. The van der Waals surface area contributed by atoms with Gasteiger partial charge in [0.15, 0.2) is 5.82 Å². The smallest absolute Gasteiger partial charge is 0.212 e. The van der Waals surface area contributed by atoms with E-state index in [0.717, 1.165) is 61.8 Å². The summed E-state index contributed by atoms with van der Waals surface area (Å²) >= 11 is 0. The van der Waals surface area contributed by atoms with Gasteiger partial charge in [-0.15, -0.1) is 0 Å². The summed E-state index contributed by atoms with van der Waals surface area (Å²) in [5, 5.41) is 0. The lowest BCUT2D eigenvalue weighted by atomic mass is 10.0. The van der Waals surface area contributed by atoms with Gasteiger partial charge in [0.2, 0.25) is 5.95 Å². The number of halogens is 1. The lowest BCUT2D eigenvalue weighted by Crippen LogP contribution is -2.31. The van der Waals surface area contributed by atoms with Crippen molar-refractivity contribution in [3.63, 3.8) is 0 Å². The third-order valence-corrected chi connectivity index (χ3v) is 4.59. The topological polar surface area (TPSA) is 54.3 Å². The minimum Gasteiger partial charge on any atom is -0.294 e. The molecule has 0 aliphatic carbocycles. The summed E-state index contributed by atoms with van der Waals surface area (Å²) in [7, 11) is 0. The molecule has 2 aromatic heterocycles. The molecule has 0 radical (unpaired) electrons. The van der Waals surface area contributed by atoms with Crippen LogP contribution in [0.4, 0.5) is 4.39 Å². The van der Waals surface area contributed by atoms with Crippen LogP contribution in [-0.2, 0) is 19.5 Å². The van der Waals surface area contributed by atoms with Crippen molar-refractivity contribution in [2.75, 3.05) is 13.1 Å². The SMILES string of the molecule is Fc1ccc(CN2CCc3nc(C4=NCCCC4)ncc3C2)cn1. The largest absolute Gasteiger partial charge is 0.294 e. The average Bonchev–Trinajstić information content (AvgIpc) is 2.64. The van der Waals surface area contributed by atoms with Gasteiger partial charge >= 0.3 is 0 Å². The highest BCUT2D eigenvalue weighted by Gasteiger charge is 2.20. The van der Waals surface area contributed by atoms with Crippen molar-refractivity contribution in [3.8, 4) is 0 Å². The fraction of sp³-hybridized carbons (Fsp3) is 0.444. The Kier molecular flexibility index (Phi) is 4.30. The molecular weight excluding hydrogens is 305 g/mol. The molecule has 4 rings (SSSR count). The maximum atomic E-state index is 12.9. The summed E-state index contributed by atoms with van der Waals surface area (Å²) in [6.07, 6.45) is 7.80. The van der Waals surface area contributed by atoms with Crippen LogP contribution in [0.3, 0.4) is 0 Å². The summed E-state index contributed by atoms with van der Waals surface area (Å²) < 4.78 is 12.9. The zero-order valence-corrected chi connectivity index (χ0v) is 13.6. The molecule has 0 saturated heterocycles. The highest BCUT2D eigenvalue weighted by molar-refractivity contribution is 5.97. The molecule has 0 atom stereocenters. The molecular formula is C18H20FN5. The Labute approximate surface area is 140 Å². The average molecular weight is 325 g/mol. The van der Waals surface area contributed by atoms with Gasteiger partial charge in [-0.2, -0.15) is 4.39 Å². The van der Waals surface area contributed by atoms with E-state index < -0.39 is 5.95 Å². The quantitative estimate of drug-likeness (QED) is 0.814. The van der Waals surface area contributed by atoms with E-state index in [1.165, 1.54) is 24.5 Å². The van der Waals surface area contributed by atoms with E-state index in [9.17, 15) is 4.39 Å². The van der Waals surface area contributed by atoms with Gasteiger partial charge in [-0.25, -0.2) is 15.0 Å². The van der Waals surface area contributed by atoms with Crippen molar-refractivity contribution >= 4 is 5.71 Å². The minimum atomic E-state index is -0.436. The van der Waals surface area contributed by atoms with Crippen LogP contribution in [0.1, 0.15) is 41.9 Å². The Morgan fingerprint density at radius 2 is 2.04 bits per heavy atom.